The lowest BCUT2D eigenvalue weighted by molar-refractivity contribution is -0.141. The number of hydrogen-bond acceptors (Lipinski definition) is 14. The third-order valence-electron chi connectivity index (χ3n) is 7.69. The first kappa shape index (κ1) is 45.1. The number of nitrogens with zero attached hydrogens (tertiary/aromatic N) is 2. The van der Waals surface area contributed by atoms with E-state index in [9.17, 15) is 33.4 Å². The number of benzene rings is 1. The maximum atomic E-state index is 15.0. The number of halogens is 2. The molecule has 304 valence electrons. The number of amides is 2. The van der Waals surface area contributed by atoms with Crippen molar-refractivity contribution in [2.45, 2.75) is 69.6 Å². The fourth-order valence-corrected chi connectivity index (χ4v) is 7.28. The highest BCUT2D eigenvalue weighted by molar-refractivity contribution is 7.65. The lowest BCUT2D eigenvalue weighted by atomic mass is 10.1. The van der Waals surface area contributed by atoms with E-state index in [-0.39, 0.29) is 44.2 Å². The number of rotatable bonds is 22. The minimum absolute atomic E-state index is 0.213. The molecule has 55 heavy (non-hydrogen) atoms. The molecule has 4 unspecified atom stereocenters. The minimum atomic E-state index is -4.58. The van der Waals surface area contributed by atoms with Crippen molar-refractivity contribution >= 4 is 44.6 Å². The predicted octanol–water partition coefficient (Wildman–Crippen LogP) is 1.23. The van der Waals surface area contributed by atoms with Crippen molar-refractivity contribution < 1.29 is 65.9 Å². The van der Waals surface area contributed by atoms with Gasteiger partial charge in [0.05, 0.1) is 32.5 Å². The Balaban J connectivity index is 1.56. The fraction of sp³-hybridized carbons (Fsp3) is 0.516. The normalized spacial score (nSPS) is 20.9. The summed E-state index contributed by atoms with van der Waals surface area (Å²) in [7, 11) is -8.27. The SMILES string of the molecule is C#CP(=O)(Nc1ccc(C(=O)NCCCCCOP(=O)(NC(C)C(=O)NC(C)C(=O)O)OC[C@H]2O[C@@H](n3ccc(N)nc3=O)C(F)(F)[C@@H]2O)cc1)OCCO. The number of nitrogen functional groups attached to an aromatic ring is 1. The van der Waals surface area contributed by atoms with Crippen molar-refractivity contribution in [2.24, 2.45) is 0 Å². The van der Waals surface area contributed by atoms with Crippen LogP contribution in [0.3, 0.4) is 0 Å². The van der Waals surface area contributed by atoms with Gasteiger partial charge in [-0.3, -0.25) is 32.6 Å². The third kappa shape index (κ3) is 12.9. The molecule has 7 atom stereocenters. The summed E-state index contributed by atoms with van der Waals surface area (Å²) in [6.45, 7) is 0.753. The van der Waals surface area contributed by atoms with Gasteiger partial charge in [0.25, 0.3) is 5.91 Å². The van der Waals surface area contributed by atoms with Crippen LogP contribution in [0.5, 0.6) is 0 Å². The Hall–Kier alpha value is -4.29. The van der Waals surface area contributed by atoms with Crippen molar-refractivity contribution in [1.82, 2.24) is 25.3 Å². The summed E-state index contributed by atoms with van der Waals surface area (Å²) in [6, 6.07) is 4.20. The Labute approximate surface area is 313 Å². The molecule has 0 saturated carbocycles. The maximum Gasteiger partial charge on any atom is 0.406 e. The number of hydrogen-bond donors (Lipinski definition) is 8. The second kappa shape index (κ2) is 20.0. The molecule has 24 heteroatoms. The highest BCUT2D eigenvalue weighted by Crippen LogP contribution is 2.48. The second-order valence-corrected chi connectivity index (χ2v) is 15.6. The number of unbranched alkanes of at least 4 members (excludes halogenated alkanes) is 2. The zero-order valence-electron chi connectivity index (χ0n) is 29.6. The fourth-order valence-electron chi connectivity index (χ4n) is 4.72. The van der Waals surface area contributed by atoms with Crippen molar-refractivity contribution in [1.29, 1.82) is 0 Å². The molecule has 0 radical (unpaired) electrons. The Morgan fingerprint density at radius 1 is 1.09 bits per heavy atom. The number of carbonyl (C=O) groups is 3. The molecule has 1 aliphatic heterocycles. The van der Waals surface area contributed by atoms with E-state index in [1.807, 2.05) is 5.66 Å². The topological polar surface area (TPSA) is 292 Å². The summed E-state index contributed by atoms with van der Waals surface area (Å²) in [6.07, 6.45) is 0.481. The van der Waals surface area contributed by atoms with E-state index in [0.29, 0.717) is 23.1 Å². The molecule has 1 aromatic heterocycles. The molecule has 3 rings (SSSR count). The summed E-state index contributed by atoms with van der Waals surface area (Å²) in [5, 5.41) is 38.1. The van der Waals surface area contributed by atoms with Crippen LogP contribution in [0.15, 0.2) is 41.3 Å². The molecular formula is C31H43F2N7O13P2. The van der Waals surface area contributed by atoms with Crippen LogP contribution in [-0.4, -0.2) is 106 Å². The molecule has 9 N–H and O–H groups in total. The first-order valence-corrected chi connectivity index (χ1v) is 19.8. The van der Waals surface area contributed by atoms with Gasteiger partial charge in [0.1, 0.15) is 18.0 Å². The lowest BCUT2D eigenvalue weighted by Crippen LogP contribution is -2.47. The Kier molecular flexibility index (Phi) is 16.4. The van der Waals surface area contributed by atoms with E-state index in [1.54, 1.807) is 0 Å². The number of alkyl halides is 2. The van der Waals surface area contributed by atoms with Crippen molar-refractivity contribution in [3.63, 3.8) is 0 Å². The Bertz CT molecular complexity index is 1850. The van der Waals surface area contributed by atoms with E-state index < -0.39 is 81.8 Å². The molecule has 20 nitrogen and oxygen atoms in total. The van der Waals surface area contributed by atoms with E-state index in [2.05, 4.69) is 25.8 Å². The minimum Gasteiger partial charge on any atom is -0.480 e. The molecule has 1 aromatic carbocycles. The summed E-state index contributed by atoms with van der Waals surface area (Å²) < 4.78 is 77.7. The van der Waals surface area contributed by atoms with Gasteiger partial charge < -0.3 is 46.0 Å². The number of carboxylic acid groups (broad SMARTS) is 1. The molecule has 0 spiro atoms. The van der Waals surface area contributed by atoms with Crippen LogP contribution in [0.25, 0.3) is 0 Å². The van der Waals surface area contributed by atoms with Gasteiger partial charge in [-0.15, -0.1) is 6.42 Å². The van der Waals surface area contributed by atoms with Gasteiger partial charge in [-0.05, 0) is 63.4 Å². The summed E-state index contributed by atoms with van der Waals surface area (Å²) in [4.78, 5) is 51.9. The van der Waals surface area contributed by atoms with Crippen LogP contribution in [0.2, 0.25) is 0 Å². The lowest BCUT2D eigenvalue weighted by Gasteiger charge is -2.25. The zero-order chi connectivity index (χ0) is 41.0. The van der Waals surface area contributed by atoms with Gasteiger partial charge in [-0.1, -0.05) is 0 Å². The van der Waals surface area contributed by atoms with E-state index in [0.717, 1.165) is 12.3 Å². The number of terminal acetylenes is 1. The maximum absolute atomic E-state index is 15.0. The van der Waals surface area contributed by atoms with Gasteiger partial charge in [0.2, 0.25) is 12.1 Å². The third-order valence-corrected chi connectivity index (χ3v) is 10.8. The summed E-state index contributed by atoms with van der Waals surface area (Å²) in [5.74, 6) is -6.98. The van der Waals surface area contributed by atoms with Gasteiger partial charge in [0, 0.05) is 29.7 Å². The summed E-state index contributed by atoms with van der Waals surface area (Å²) >= 11 is 0. The first-order chi connectivity index (χ1) is 25.8. The Morgan fingerprint density at radius 3 is 2.40 bits per heavy atom. The van der Waals surface area contributed by atoms with Crippen LogP contribution in [-0.2, 0) is 37.0 Å². The second-order valence-electron chi connectivity index (χ2n) is 12.0. The molecule has 1 fully saturated rings. The van der Waals surface area contributed by atoms with Crippen LogP contribution in [0.1, 0.15) is 49.7 Å². The van der Waals surface area contributed by atoms with Gasteiger partial charge in [-0.2, -0.15) is 13.8 Å². The number of aromatic nitrogens is 2. The van der Waals surface area contributed by atoms with E-state index in [4.69, 9.17) is 40.7 Å². The van der Waals surface area contributed by atoms with Crippen LogP contribution >= 0.6 is 15.3 Å². The summed E-state index contributed by atoms with van der Waals surface area (Å²) in [5.41, 5.74) is 6.84. The van der Waals surface area contributed by atoms with Crippen molar-refractivity contribution in [3.05, 3.63) is 52.6 Å². The average molecular weight is 822 g/mol. The van der Waals surface area contributed by atoms with Crippen LogP contribution < -0.4 is 32.2 Å². The first-order valence-electron chi connectivity index (χ1n) is 16.6. The number of carboxylic acids is 1. The number of nitrogens with one attached hydrogen (secondary N) is 4. The monoisotopic (exact) mass is 821 g/mol. The Morgan fingerprint density at radius 2 is 1.78 bits per heavy atom. The molecule has 1 saturated heterocycles. The number of aliphatic hydroxyl groups is 2. The van der Waals surface area contributed by atoms with Crippen LogP contribution in [0.4, 0.5) is 20.3 Å². The quantitative estimate of drug-likeness (QED) is 0.0471. The number of ether oxygens (including phenoxy) is 1. The molecule has 0 bridgehead atoms. The molecule has 2 aromatic rings. The number of nitrogens with two attached hydrogens (primary N) is 1. The van der Waals surface area contributed by atoms with Crippen molar-refractivity contribution in [2.75, 3.05) is 43.8 Å². The number of aliphatic carboxylic acids is 1. The number of anilines is 2. The molecule has 1 aliphatic rings. The van der Waals surface area contributed by atoms with E-state index in [1.165, 1.54) is 38.1 Å². The molecule has 0 aliphatic carbocycles. The highest BCUT2D eigenvalue weighted by Gasteiger charge is 2.60. The average Bonchev–Trinajstić information content (AvgIpc) is 3.36. The molecular weight excluding hydrogens is 778 g/mol. The standard InChI is InChI=1S/C31H43F2N7O13P2/c1-4-54(48,50-17-15-41)39-22-10-8-21(9-11-22)27(44)35-13-6-5-7-16-51-55(49,38-19(2)26(43)36-20(3)28(45)46)52-18-23-25(42)31(32,33)29(53-23)40-14-12-24(34)37-30(40)47/h1,8-12,14,19-20,23,25,29,41-42H,5-7,13,15-18H2,2-3H3,(H,35,44)(H,36,43)(H,38,49)(H,39,48)(H,45,46)(H2,34,37,47)/t19?,20?,23-,25-,29-,54?,55?/m1/s1. The van der Waals surface area contributed by atoms with Gasteiger partial charge in [0.15, 0.2) is 6.10 Å². The smallest absolute Gasteiger partial charge is 0.406 e. The molecule has 2 heterocycles. The van der Waals surface area contributed by atoms with Crippen molar-refractivity contribution in [3.8, 4) is 12.1 Å². The van der Waals surface area contributed by atoms with E-state index >= 15 is 8.78 Å². The highest BCUT2D eigenvalue weighted by atomic mass is 31.2. The molecule has 2 amide bonds. The largest absolute Gasteiger partial charge is 0.480 e. The van der Waals surface area contributed by atoms with Crippen LogP contribution in [0, 0.1) is 12.1 Å². The number of carbonyl (C=O) groups excluding carboxylic acids is 2. The zero-order valence-corrected chi connectivity index (χ0v) is 31.4. The van der Waals surface area contributed by atoms with Gasteiger partial charge >= 0.3 is 32.8 Å². The predicted molar refractivity (Wildman–Crippen MR) is 191 cm³/mol. The number of aliphatic hydroxyl groups excluding tert-OH is 2. The van der Waals surface area contributed by atoms with Gasteiger partial charge in [-0.25, -0.2) is 14.4 Å².